The summed E-state index contributed by atoms with van der Waals surface area (Å²) < 4.78 is 7.06. The number of hydrogen-bond acceptors (Lipinski definition) is 3. The summed E-state index contributed by atoms with van der Waals surface area (Å²) in [5, 5.41) is 13.2. The van der Waals surface area contributed by atoms with Crippen molar-refractivity contribution >= 4 is 15.9 Å². The second-order valence-corrected chi connectivity index (χ2v) is 6.96. The Morgan fingerprint density at radius 2 is 2.20 bits per heavy atom. The van der Waals surface area contributed by atoms with Gasteiger partial charge < -0.3 is 15.2 Å². The SMILES string of the molecule is OC1CCCC(CNCC2Cc3cc(Br)ccc3O2)C1. The zero-order valence-corrected chi connectivity index (χ0v) is 13.2. The van der Waals surface area contributed by atoms with Crippen LogP contribution in [0, 0.1) is 5.92 Å². The van der Waals surface area contributed by atoms with E-state index in [9.17, 15) is 5.11 Å². The van der Waals surface area contributed by atoms with E-state index in [0.717, 1.165) is 49.0 Å². The van der Waals surface area contributed by atoms with Crippen molar-refractivity contribution in [2.24, 2.45) is 5.92 Å². The Labute approximate surface area is 128 Å². The number of rotatable bonds is 4. The highest BCUT2D eigenvalue weighted by Crippen LogP contribution is 2.31. The summed E-state index contributed by atoms with van der Waals surface area (Å²) in [5.74, 6) is 1.64. The van der Waals surface area contributed by atoms with Crippen molar-refractivity contribution in [1.29, 1.82) is 0 Å². The summed E-state index contributed by atoms with van der Waals surface area (Å²) in [6, 6.07) is 6.21. The van der Waals surface area contributed by atoms with Crippen LogP contribution in [-0.4, -0.2) is 30.4 Å². The number of nitrogens with one attached hydrogen (secondary N) is 1. The van der Waals surface area contributed by atoms with E-state index in [2.05, 4.69) is 27.3 Å². The lowest BCUT2D eigenvalue weighted by Gasteiger charge is -2.26. The molecule has 0 bridgehead atoms. The van der Waals surface area contributed by atoms with Crippen molar-refractivity contribution in [3.05, 3.63) is 28.2 Å². The van der Waals surface area contributed by atoms with E-state index in [1.165, 1.54) is 12.0 Å². The van der Waals surface area contributed by atoms with Crippen molar-refractivity contribution in [2.45, 2.75) is 44.3 Å². The number of hydrogen-bond donors (Lipinski definition) is 2. The molecule has 3 rings (SSSR count). The molecule has 2 aliphatic rings. The maximum Gasteiger partial charge on any atom is 0.123 e. The third-order valence-electron chi connectivity index (χ3n) is 4.32. The minimum absolute atomic E-state index is 0.0834. The smallest absolute Gasteiger partial charge is 0.123 e. The van der Waals surface area contributed by atoms with Crippen LogP contribution >= 0.6 is 15.9 Å². The van der Waals surface area contributed by atoms with E-state index in [0.29, 0.717) is 5.92 Å². The van der Waals surface area contributed by atoms with Crippen molar-refractivity contribution in [3.63, 3.8) is 0 Å². The molecule has 1 aliphatic carbocycles. The molecular weight excluding hydrogens is 318 g/mol. The first-order chi connectivity index (χ1) is 9.70. The second-order valence-electron chi connectivity index (χ2n) is 6.04. The van der Waals surface area contributed by atoms with Gasteiger partial charge in [0.15, 0.2) is 0 Å². The fourth-order valence-electron chi connectivity index (χ4n) is 3.30. The van der Waals surface area contributed by atoms with Crippen LogP contribution < -0.4 is 10.1 Å². The Hall–Kier alpha value is -0.580. The largest absolute Gasteiger partial charge is 0.488 e. The second kappa shape index (κ2) is 6.46. The van der Waals surface area contributed by atoms with Gasteiger partial charge in [-0.2, -0.15) is 0 Å². The van der Waals surface area contributed by atoms with E-state index >= 15 is 0 Å². The number of fused-ring (bicyclic) bond motifs is 1. The molecule has 0 radical (unpaired) electrons. The normalized spacial score (nSPS) is 29.0. The van der Waals surface area contributed by atoms with Gasteiger partial charge in [0.1, 0.15) is 11.9 Å². The molecule has 20 heavy (non-hydrogen) atoms. The Morgan fingerprint density at radius 3 is 3.05 bits per heavy atom. The summed E-state index contributed by atoms with van der Waals surface area (Å²) >= 11 is 3.50. The van der Waals surface area contributed by atoms with Crippen LogP contribution in [0.15, 0.2) is 22.7 Å². The summed E-state index contributed by atoms with van der Waals surface area (Å²) in [6.07, 6.45) is 5.47. The minimum atomic E-state index is -0.0834. The van der Waals surface area contributed by atoms with Crippen LogP contribution in [0.25, 0.3) is 0 Å². The summed E-state index contributed by atoms with van der Waals surface area (Å²) in [4.78, 5) is 0. The maximum absolute atomic E-state index is 9.68. The molecule has 1 aliphatic heterocycles. The molecule has 1 aromatic carbocycles. The van der Waals surface area contributed by atoms with Gasteiger partial charge in [-0.3, -0.25) is 0 Å². The molecule has 4 heteroatoms. The minimum Gasteiger partial charge on any atom is -0.488 e. The highest BCUT2D eigenvalue weighted by atomic mass is 79.9. The van der Waals surface area contributed by atoms with Crippen molar-refractivity contribution in [3.8, 4) is 5.75 Å². The molecule has 2 N–H and O–H groups in total. The highest BCUT2D eigenvalue weighted by molar-refractivity contribution is 9.10. The van der Waals surface area contributed by atoms with E-state index in [-0.39, 0.29) is 12.2 Å². The lowest BCUT2D eigenvalue weighted by atomic mass is 9.87. The predicted molar refractivity (Wildman–Crippen MR) is 83.1 cm³/mol. The Balaban J connectivity index is 1.42. The quantitative estimate of drug-likeness (QED) is 0.886. The lowest BCUT2D eigenvalue weighted by Crippen LogP contribution is -2.35. The first-order valence-corrected chi connectivity index (χ1v) is 8.34. The summed E-state index contributed by atoms with van der Waals surface area (Å²) in [7, 11) is 0. The number of ether oxygens (including phenoxy) is 1. The van der Waals surface area contributed by atoms with Crippen LogP contribution in [0.5, 0.6) is 5.75 Å². The van der Waals surface area contributed by atoms with Gasteiger partial charge in [0.2, 0.25) is 0 Å². The Kier molecular flexibility index (Phi) is 4.64. The van der Waals surface area contributed by atoms with Gasteiger partial charge in [-0.25, -0.2) is 0 Å². The van der Waals surface area contributed by atoms with Crippen LogP contribution in [-0.2, 0) is 6.42 Å². The fourth-order valence-corrected chi connectivity index (χ4v) is 3.71. The fraction of sp³-hybridized carbons (Fsp3) is 0.625. The first kappa shape index (κ1) is 14.4. The molecule has 3 unspecified atom stereocenters. The third-order valence-corrected chi connectivity index (χ3v) is 4.82. The Bertz CT molecular complexity index is 466. The molecular formula is C16H22BrNO2. The molecule has 1 heterocycles. The summed E-state index contributed by atoms with van der Waals surface area (Å²) in [6.45, 7) is 1.88. The molecule has 0 spiro atoms. The van der Waals surface area contributed by atoms with Gasteiger partial charge in [0.05, 0.1) is 6.10 Å². The van der Waals surface area contributed by atoms with Gasteiger partial charge in [-0.05, 0) is 55.5 Å². The zero-order chi connectivity index (χ0) is 13.9. The molecule has 1 saturated carbocycles. The van der Waals surface area contributed by atoms with Gasteiger partial charge >= 0.3 is 0 Å². The van der Waals surface area contributed by atoms with Crippen molar-refractivity contribution in [1.82, 2.24) is 5.32 Å². The average molecular weight is 340 g/mol. The molecule has 1 fully saturated rings. The molecule has 0 amide bonds. The Morgan fingerprint density at radius 1 is 1.30 bits per heavy atom. The van der Waals surface area contributed by atoms with E-state index in [1.807, 2.05) is 12.1 Å². The molecule has 0 aromatic heterocycles. The monoisotopic (exact) mass is 339 g/mol. The highest BCUT2D eigenvalue weighted by Gasteiger charge is 2.24. The number of aliphatic hydroxyl groups is 1. The molecule has 110 valence electrons. The number of halogens is 1. The van der Waals surface area contributed by atoms with Crippen LogP contribution in [0.2, 0.25) is 0 Å². The predicted octanol–water partition coefficient (Wildman–Crippen LogP) is 2.89. The molecule has 1 aromatic rings. The van der Waals surface area contributed by atoms with Gasteiger partial charge in [0.25, 0.3) is 0 Å². The first-order valence-electron chi connectivity index (χ1n) is 7.54. The van der Waals surface area contributed by atoms with Crippen molar-refractivity contribution < 1.29 is 9.84 Å². The van der Waals surface area contributed by atoms with E-state index in [1.54, 1.807) is 0 Å². The summed E-state index contributed by atoms with van der Waals surface area (Å²) in [5.41, 5.74) is 1.29. The maximum atomic E-state index is 9.68. The van der Waals surface area contributed by atoms with E-state index in [4.69, 9.17) is 4.74 Å². The number of aliphatic hydroxyl groups excluding tert-OH is 1. The van der Waals surface area contributed by atoms with Crippen LogP contribution in [0.3, 0.4) is 0 Å². The number of benzene rings is 1. The average Bonchev–Trinajstić information content (AvgIpc) is 2.80. The van der Waals surface area contributed by atoms with Crippen LogP contribution in [0.1, 0.15) is 31.2 Å². The molecule has 0 saturated heterocycles. The molecule has 3 atom stereocenters. The topological polar surface area (TPSA) is 41.5 Å². The van der Waals surface area contributed by atoms with Crippen molar-refractivity contribution in [2.75, 3.05) is 13.1 Å². The van der Waals surface area contributed by atoms with Gasteiger partial charge in [0, 0.05) is 17.4 Å². The van der Waals surface area contributed by atoms with E-state index < -0.39 is 0 Å². The van der Waals surface area contributed by atoms with Gasteiger partial charge in [-0.1, -0.05) is 22.4 Å². The third kappa shape index (κ3) is 3.54. The lowest BCUT2D eigenvalue weighted by molar-refractivity contribution is 0.0995. The van der Waals surface area contributed by atoms with Crippen LogP contribution in [0.4, 0.5) is 0 Å². The zero-order valence-electron chi connectivity index (χ0n) is 11.6. The van der Waals surface area contributed by atoms with Gasteiger partial charge in [-0.15, -0.1) is 0 Å². The molecule has 3 nitrogen and oxygen atoms in total. The standard InChI is InChI=1S/C16H22BrNO2/c17-13-4-5-16-12(7-13)8-15(20-16)10-18-9-11-2-1-3-14(19)6-11/h4-5,7,11,14-15,18-19H,1-3,6,8-10H2.